The number of aliphatic carboxylic acids is 2. The number of aliphatic hydroxyl groups is 1. The highest BCUT2D eigenvalue weighted by molar-refractivity contribution is 7.19. The molecule has 0 spiro atoms. The van der Waals surface area contributed by atoms with E-state index in [1.165, 1.54) is 15.0 Å². The highest BCUT2D eigenvalue weighted by atomic mass is 32.1. The molecule has 4 N–H and O–H groups in total. The van der Waals surface area contributed by atoms with Crippen LogP contribution in [0.4, 0.5) is 0 Å². The lowest BCUT2D eigenvalue weighted by Gasteiger charge is -2.38. The monoisotopic (exact) mass is 554 g/mol. The lowest BCUT2D eigenvalue weighted by atomic mass is 9.90. The number of nitrogens with one attached hydrogen (secondary N) is 1. The predicted molar refractivity (Wildman–Crippen MR) is 151 cm³/mol. The molecule has 1 aliphatic rings. The molecule has 2 aromatic carbocycles. The molecule has 9 nitrogen and oxygen atoms in total. The number of fused-ring (bicyclic) bond motifs is 2. The smallest absolute Gasteiger partial charge is 0.414 e. The van der Waals surface area contributed by atoms with Gasteiger partial charge in [0, 0.05) is 44.1 Å². The highest BCUT2D eigenvalue weighted by Crippen LogP contribution is 2.40. The third-order valence-corrected chi connectivity index (χ3v) is 8.26. The van der Waals surface area contributed by atoms with E-state index in [-0.39, 0.29) is 0 Å². The Morgan fingerprint density at radius 1 is 1.10 bits per heavy atom. The van der Waals surface area contributed by atoms with Gasteiger partial charge in [-0.25, -0.2) is 9.59 Å². The van der Waals surface area contributed by atoms with Crippen LogP contribution in [-0.2, 0) is 9.59 Å². The van der Waals surface area contributed by atoms with Crippen LogP contribution in [0.2, 0.25) is 0 Å². The summed E-state index contributed by atoms with van der Waals surface area (Å²) >= 11 is 1.89. The molecule has 208 valence electrons. The number of piperidine rings is 1. The number of aromatic amines is 1. The Morgan fingerprint density at radius 2 is 1.82 bits per heavy atom. The van der Waals surface area contributed by atoms with Crippen molar-refractivity contribution in [3.63, 3.8) is 0 Å². The fourth-order valence-electron chi connectivity index (χ4n) is 5.09. The predicted octanol–water partition coefficient (Wildman–Crippen LogP) is 4.86. The normalized spacial score (nSPS) is 18.4. The Balaban J connectivity index is 0.000000531. The van der Waals surface area contributed by atoms with Crippen molar-refractivity contribution >= 4 is 44.3 Å². The standard InChI is InChI=1S/C27H32N2O3S.C2H2O4/c1-17-12-21-23(28-17)6-4-8-25(21)32-16-20(30)15-29-11-10-19(13-18(29)2)27-14-22-24(31-3)7-5-9-26(22)33-27;3-1(4)2(5)6/h4-9,12,14,18-20,28,30H,10-11,13,15-16H2,1-3H3;(H,3,4)(H,5,6)/t18-,19-,20+;/m1./s1. The fraction of sp³-hybridized carbons (Fsp3) is 0.379. The molecule has 1 fully saturated rings. The van der Waals surface area contributed by atoms with Crippen molar-refractivity contribution in [3.8, 4) is 11.5 Å². The maximum Gasteiger partial charge on any atom is 0.414 e. The molecule has 0 saturated carbocycles. The lowest BCUT2D eigenvalue weighted by molar-refractivity contribution is -0.159. The molecule has 1 saturated heterocycles. The number of benzene rings is 2. The van der Waals surface area contributed by atoms with E-state index in [1.807, 2.05) is 42.5 Å². The van der Waals surface area contributed by atoms with Crippen molar-refractivity contribution in [3.05, 3.63) is 59.1 Å². The molecule has 10 heteroatoms. The summed E-state index contributed by atoms with van der Waals surface area (Å²) in [7, 11) is 1.74. The number of hydrogen-bond donors (Lipinski definition) is 4. The number of nitrogens with zero attached hydrogens (tertiary/aromatic N) is 1. The molecule has 2 aromatic heterocycles. The molecule has 0 unspecified atom stereocenters. The van der Waals surface area contributed by atoms with Crippen LogP contribution in [0.1, 0.15) is 36.3 Å². The van der Waals surface area contributed by atoms with Crippen molar-refractivity contribution in [2.24, 2.45) is 0 Å². The Bertz CT molecular complexity index is 1430. The van der Waals surface area contributed by atoms with Gasteiger partial charge in [0.2, 0.25) is 0 Å². The average Bonchev–Trinajstić information content (AvgIpc) is 3.52. The number of carboxylic acids is 2. The van der Waals surface area contributed by atoms with Crippen molar-refractivity contribution in [2.45, 2.75) is 44.8 Å². The summed E-state index contributed by atoms with van der Waals surface area (Å²) in [5, 5.41) is 27.8. The zero-order chi connectivity index (χ0) is 28.1. The van der Waals surface area contributed by atoms with Gasteiger partial charge in [0.1, 0.15) is 24.2 Å². The second kappa shape index (κ2) is 12.5. The summed E-state index contributed by atoms with van der Waals surface area (Å²) in [6.45, 7) is 6.24. The van der Waals surface area contributed by atoms with Gasteiger partial charge in [0.05, 0.1) is 7.11 Å². The van der Waals surface area contributed by atoms with Crippen LogP contribution in [0.3, 0.4) is 0 Å². The number of carboxylic acid groups (broad SMARTS) is 2. The average molecular weight is 555 g/mol. The van der Waals surface area contributed by atoms with Crippen LogP contribution in [0.25, 0.3) is 21.0 Å². The summed E-state index contributed by atoms with van der Waals surface area (Å²) in [5.74, 6) is -1.32. The minimum Gasteiger partial charge on any atom is -0.496 e. The highest BCUT2D eigenvalue weighted by Gasteiger charge is 2.29. The minimum absolute atomic E-state index is 0.298. The number of β-amino-alcohol motifs (C(OH)–C–C–N with tert-alkyl or cyclic N) is 1. The van der Waals surface area contributed by atoms with E-state index in [1.54, 1.807) is 7.11 Å². The second-order valence-electron chi connectivity index (χ2n) is 9.83. The molecule has 3 atom stereocenters. The second-order valence-corrected chi connectivity index (χ2v) is 10.9. The van der Waals surface area contributed by atoms with E-state index in [9.17, 15) is 5.11 Å². The summed E-state index contributed by atoms with van der Waals surface area (Å²) < 4.78 is 12.8. The molecule has 3 heterocycles. The Kier molecular flexibility index (Phi) is 9.11. The van der Waals surface area contributed by atoms with Gasteiger partial charge in [-0.3, -0.25) is 4.90 Å². The van der Waals surface area contributed by atoms with Crippen LogP contribution in [0.5, 0.6) is 11.5 Å². The first-order valence-electron chi connectivity index (χ1n) is 12.8. The van der Waals surface area contributed by atoms with Gasteiger partial charge in [-0.15, -0.1) is 11.3 Å². The molecule has 39 heavy (non-hydrogen) atoms. The molecule has 0 radical (unpaired) electrons. The van der Waals surface area contributed by atoms with Gasteiger partial charge in [-0.1, -0.05) is 12.1 Å². The topological polar surface area (TPSA) is 132 Å². The van der Waals surface area contributed by atoms with E-state index in [0.29, 0.717) is 25.1 Å². The van der Waals surface area contributed by atoms with Crippen molar-refractivity contribution in [1.29, 1.82) is 0 Å². The van der Waals surface area contributed by atoms with Crippen molar-refractivity contribution < 1.29 is 34.4 Å². The maximum absolute atomic E-state index is 10.7. The first kappa shape index (κ1) is 28.4. The van der Waals surface area contributed by atoms with Gasteiger partial charge in [-0.2, -0.15) is 0 Å². The Labute approximate surface area is 230 Å². The zero-order valence-electron chi connectivity index (χ0n) is 22.2. The fourth-order valence-corrected chi connectivity index (χ4v) is 6.31. The summed E-state index contributed by atoms with van der Waals surface area (Å²) in [6, 6.07) is 17.1. The van der Waals surface area contributed by atoms with Gasteiger partial charge < -0.3 is 29.8 Å². The number of thiophene rings is 1. The number of rotatable bonds is 7. The SMILES string of the molecule is COc1cccc2sc([C@@H]3CCN(C[C@H](O)COc4cccc5[nH]c(C)cc45)[C@H](C)C3)cc12.O=C(O)C(=O)O. The van der Waals surface area contributed by atoms with Gasteiger partial charge in [-0.05, 0) is 75.5 Å². The van der Waals surface area contributed by atoms with Crippen molar-refractivity contribution in [2.75, 3.05) is 26.8 Å². The molecule has 0 amide bonds. The quantitative estimate of drug-likeness (QED) is 0.238. The molecular weight excluding hydrogens is 520 g/mol. The summed E-state index contributed by atoms with van der Waals surface area (Å²) in [4.78, 5) is 25.4. The Hall–Kier alpha value is -3.60. The summed E-state index contributed by atoms with van der Waals surface area (Å²) in [6.07, 6.45) is 1.69. The van der Waals surface area contributed by atoms with Gasteiger partial charge >= 0.3 is 11.9 Å². The summed E-state index contributed by atoms with van der Waals surface area (Å²) in [5.41, 5.74) is 2.17. The number of aliphatic hydroxyl groups excluding tert-OH is 1. The van der Waals surface area contributed by atoms with E-state index in [4.69, 9.17) is 29.3 Å². The van der Waals surface area contributed by atoms with Crippen molar-refractivity contribution in [1.82, 2.24) is 9.88 Å². The van der Waals surface area contributed by atoms with Crippen LogP contribution in [0, 0.1) is 6.92 Å². The Morgan fingerprint density at radius 3 is 2.51 bits per heavy atom. The van der Waals surface area contributed by atoms with Crippen LogP contribution in [0.15, 0.2) is 48.5 Å². The largest absolute Gasteiger partial charge is 0.496 e. The number of aryl methyl sites for hydroxylation is 1. The number of carbonyl (C=O) groups is 2. The van der Waals surface area contributed by atoms with E-state index < -0.39 is 18.0 Å². The first-order valence-corrected chi connectivity index (χ1v) is 13.6. The van der Waals surface area contributed by atoms with E-state index >= 15 is 0 Å². The number of likely N-dealkylation sites (tertiary alicyclic amines) is 1. The molecule has 1 aliphatic heterocycles. The third-order valence-electron chi connectivity index (χ3n) is 6.99. The van der Waals surface area contributed by atoms with Crippen LogP contribution >= 0.6 is 11.3 Å². The van der Waals surface area contributed by atoms with E-state index in [2.05, 4.69) is 41.1 Å². The molecule has 4 aromatic rings. The van der Waals surface area contributed by atoms with Crippen LogP contribution < -0.4 is 9.47 Å². The third kappa shape index (κ3) is 6.89. The minimum atomic E-state index is -1.82. The number of H-pyrrole nitrogens is 1. The van der Waals surface area contributed by atoms with Crippen LogP contribution in [-0.4, -0.2) is 76.1 Å². The maximum atomic E-state index is 10.7. The number of methoxy groups -OCH3 is 1. The number of ether oxygens (including phenoxy) is 2. The molecule has 0 aliphatic carbocycles. The molecule has 0 bridgehead atoms. The van der Waals surface area contributed by atoms with Gasteiger partial charge in [0.25, 0.3) is 0 Å². The number of hydrogen-bond acceptors (Lipinski definition) is 7. The molecule has 5 rings (SSSR count). The lowest BCUT2D eigenvalue weighted by Crippen LogP contribution is -2.45. The first-order chi connectivity index (χ1) is 18.7. The van der Waals surface area contributed by atoms with Gasteiger partial charge in [0.15, 0.2) is 0 Å². The number of aromatic nitrogens is 1. The molecular formula is C29H34N2O7S. The zero-order valence-corrected chi connectivity index (χ0v) is 23.0. The van der Waals surface area contributed by atoms with E-state index in [0.717, 1.165) is 47.5 Å².